The van der Waals surface area contributed by atoms with Crippen molar-refractivity contribution >= 4 is 5.91 Å². The minimum absolute atomic E-state index is 0.144. The van der Waals surface area contributed by atoms with Crippen LogP contribution in [0.5, 0.6) is 0 Å². The zero-order chi connectivity index (χ0) is 12.0. The fourth-order valence-electron chi connectivity index (χ4n) is 2.49. The van der Waals surface area contributed by atoms with E-state index in [0.717, 1.165) is 32.2 Å². The lowest BCUT2D eigenvalue weighted by Crippen LogP contribution is -2.44. The van der Waals surface area contributed by atoms with E-state index >= 15 is 0 Å². The number of hydrogen-bond donors (Lipinski definition) is 2. The van der Waals surface area contributed by atoms with Crippen molar-refractivity contribution in [3.05, 3.63) is 0 Å². The number of nitrogens with one attached hydrogen (secondary N) is 1. The molecule has 1 saturated carbocycles. The number of unbranched alkanes of at least 4 members (excludes halogenated alkanes) is 2. The van der Waals surface area contributed by atoms with Gasteiger partial charge >= 0.3 is 0 Å². The molecule has 0 radical (unpaired) electrons. The quantitative estimate of drug-likeness (QED) is 0.705. The Kier molecular flexibility index (Phi) is 5.81. The number of amides is 1. The number of nitrogens with two attached hydrogens (primary N) is 1. The van der Waals surface area contributed by atoms with Crippen LogP contribution in [0.3, 0.4) is 0 Å². The van der Waals surface area contributed by atoms with Gasteiger partial charge in [-0.05, 0) is 25.2 Å². The molecule has 3 heteroatoms. The Bertz CT molecular complexity index is 218. The van der Waals surface area contributed by atoms with Gasteiger partial charge in [0.25, 0.3) is 0 Å². The molecule has 1 aliphatic carbocycles. The van der Waals surface area contributed by atoms with E-state index < -0.39 is 0 Å². The summed E-state index contributed by atoms with van der Waals surface area (Å²) in [6.07, 6.45) is 6.66. The fourth-order valence-corrected chi connectivity index (χ4v) is 2.49. The summed E-state index contributed by atoms with van der Waals surface area (Å²) in [5, 5.41) is 3.04. The Morgan fingerprint density at radius 1 is 1.38 bits per heavy atom. The van der Waals surface area contributed by atoms with Gasteiger partial charge in [-0.3, -0.25) is 4.79 Å². The Hall–Kier alpha value is -0.570. The van der Waals surface area contributed by atoms with Gasteiger partial charge in [-0.25, -0.2) is 0 Å². The maximum Gasteiger partial charge on any atom is 0.223 e. The molecule has 1 aliphatic rings. The van der Waals surface area contributed by atoms with Crippen molar-refractivity contribution in [1.29, 1.82) is 0 Å². The summed E-state index contributed by atoms with van der Waals surface area (Å²) in [7, 11) is 0. The number of rotatable bonds is 5. The molecule has 16 heavy (non-hydrogen) atoms. The standard InChI is InChI=1S/C13H26N2O/c1-3-4-5-9-15-13(16)11-7-6-8-12(14)10(11)2/h10-12H,3-9,14H2,1-2H3,(H,15,16). The van der Waals surface area contributed by atoms with Gasteiger partial charge in [0, 0.05) is 18.5 Å². The Morgan fingerprint density at radius 3 is 2.81 bits per heavy atom. The van der Waals surface area contributed by atoms with Crippen LogP contribution in [-0.4, -0.2) is 18.5 Å². The molecule has 1 amide bonds. The van der Waals surface area contributed by atoms with Crippen molar-refractivity contribution < 1.29 is 4.79 Å². The van der Waals surface area contributed by atoms with Crippen LogP contribution in [0.15, 0.2) is 0 Å². The van der Waals surface area contributed by atoms with Gasteiger partial charge < -0.3 is 11.1 Å². The Balaban J connectivity index is 2.29. The maximum absolute atomic E-state index is 12.0. The topological polar surface area (TPSA) is 55.1 Å². The van der Waals surface area contributed by atoms with Crippen molar-refractivity contribution in [2.75, 3.05) is 6.54 Å². The zero-order valence-electron chi connectivity index (χ0n) is 10.7. The van der Waals surface area contributed by atoms with Gasteiger partial charge in [0.1, 0.15) is 0 Å². The average molecular weight is 226 g/mol. The molecule has 0 aromatic carbocycles. The summed E-state index contributed by atoms with van der Waals surface area (Å²) in [5.41, 5.74) is 6.00. The van der Waals surface area contributed by atoms with Gasteiger partial charge in [0.2, 0.25) is 5.91 Å². The SMILES string of the molecule is CCCCCNC(=O)C1CCCC(N)C1C. The van der Waals surface area contributed by atoms with Crippen molar-refractivity contribution in [3.8, 4) is 0 Å². The lowest BCUT2D eigenvalue weighted by atomic mass is 9.77. The molecule has 3 atom stereocenters. The molecule has 0 heterocycles. The minimum atomic E-state index is 0.144. The Morgan fingerprint density at radius 2 is 2.12 bits per heavy atom. The van der Waals surface area contributed by atoms with Gasteiger partial charge in [0.15, 0.2) is 0 Å². The highest BCUT2D eigenvalue weighted by Gasteiger charge is 2.32. The molecule has 3 N–H and O–H groups in total. The third-order valence-electron chi connectivity index (χ3n) is 3.78. The van der Waals surface area contributed by atoms with Crippen LogP contribution < -0.4 is 11.1 Å². The van der Waals surface area contributed by atoms with E-state index in [1.54, 1.807) is 0 Å². The molecule has 0 spiro atoms. The summed E-state index contributed by atoms with van der Waals surface area (Å²) in [6.45, 7) is 5.11. The lowest BCUT2D eigenvalue weighted by molar-refractivity contribution is -0.127. The van der Waals surface area contributed by atoms with E-state index in [9.17, 15) is 4.79 Å². The second-order valence-corrected chi connectivity index (χ2v) is 5.06. The van der Waals surface area contributed by atoms with Crippen LogP contribution in [0.25, 0.3) is 0 Å². The third-order valence-corrected chi connectivity index (χ3v) is 3.78. The average Bonchev–Trinajstić information content (AvgIpc) is 2.28. The highest BCUT2D eigenvalue weighted by Crippen LogP contribution is 2.28. The summed E-state index contributed by atoms with van der Waals surface area (Å²) in [4.78, 5) is 12.0. The second kappa shape index (κ2) is 6.89. The van der Waals surface area contributed by atoms with Crippen molar-refractivity contribution in [3.63, 3.8) is 0 Å². The molecule has 94 valence electrons. The van der Waals surface area contributed by atoms with E-state index in [1.165, 1.54) is 12.8 Å². The number of carbonyl (C=O) groups excluding carboxylic acids is 1. The van der Waals surface area contributed by atoms with E-state index in [1.807, 2.05) is 0 Å². The highest BCUT2D eigenvalue weighted by atomic mass is 16.1. The molecule has 0 aliphatic heterocycles. The second-order valence-electron chi connectivity index (χ2n) is 5.06. The summed E-state index contributed by atoms with van der Waals surface area (Å²) in [6, 6.07) is 0.208. The van der Waals surface area contributed by atoms with E-state index in [0.29, 0.717) is 5.92 Å². The summed E-state index contributed by atoms with van der Waals surface area (Å²) < 4.78 is 0. The van der Waals surface area contributed by atoms with Crippen molar-refractivity contribution in [1.82, 2.24) is 5.32 Å². The Labute approximate surface area is 99.2 Å². The van der Waals surface area contributed by atoms with E-state index in [2.05, 4.69) is 19.2 Å². The molecule has 0 saturated heterocycles. The zero-order valence-corrected chi connectivity index (χ0v) is 10.7. The molecule has 1 rings (SSSR count). The van der Waals surface area contributed by atoms with Crippen LogP contribution in [-0.2, 0) is 4.79 Å². The van der Waals surface area contributed by atoms with E-state index in [-0.39, 0.29) is 17.9 Å². The summed E-state index contributed by atoms with van der Waals surface area (Å²) >= 11 is 0. The highest BCUT2D eigenvalue weighted by molar-refractivity contribution is 5.79. The predicted molar refractivity (Wildman–Crippen MR) is 67.0 cm³/mol. The smallest absolute Gasteiger partial charge is 0.223 e. The predicted octanol–water partition coefficient (Wildman–Crippen LogP) is 2.06. The van der Waals surface area contributed by atoms with Crippen LogP contribution in [0.2, 0.25) is 0 Å². The minimum Gasteiger partial charge on any atom is -0.356 e. The van der Waals surface area contributed by atoms with Crippen LogP contribution in [0, 0.1) is 11.8 Å². The maximum atomic E-state index is 12.0. The fraction of sp³-hybridized carbons (Fsp3) is 0.923. The first-order valence-corrected chi connectivity index (χ1v) is 6.70. The van der Waals surface area contributed by atoms with Gasteiger partial charge in [-0.2, -0.15) is 0 Å². The molecule has 0 aromatic rings. The molecule has 0 aromatic heterocycles. The first-order chi connectivity index (χ1) is 7.66. The lowest BCUT2D eigenvalue weighted by Gasteiger charge is -2.32. The first-order valence-electron chi connectivity index (χ1n) is 6.70. The number of carbonyl (C=O) groups is 1. The molecule has 3 unspecified atom stereocenters. The van der Waals surface area contributed by atoms with Crippen LogP contribution in [0.4, 0.5) is 0 Å². The molecular formula is C13H26N2O. The van der Waals surface area contributed by atoms with Crippen molar-refractivity contribution in [2.45, 2.75) is 58.4 Å². The molecular weight excluding hydrogens is 200 g/mol. The number of hydrogen-bond acceptors (Lipinski definition) is 2. The van der Waals surface area contributed by atoms with Gasteiger partial charge in [-0.1, -0.05) is 33.1 Å². The molecule has 3 nitrogen and oxygen atoms in total. The normalized spacial score (nSPS) is 30.1. The monoisotopic (exact) mass is 226 g/mol. The summed E-state index contributed by atoms with van der Waals surface area (Å²) in [5.74, 6) is 0.698. The van der Waals surface area contributed by atoms with Gasteiger partial charge in [-0.15, -0.1) is 0 Å². The largest absolute Gasteiger partial charge is 0.356 e. The van der Waals surface area contributed by atoms with E-state index in [4.69, 9.17) is 5.73 Å². The van der Waals surface area contributed by atoms with Gasteiger partial charge in [0.05, 0.1) is 0 Å². The third kappa shape index (κ3) is 3.78. The first kappa shape index (κ1) is 13.5. The van der Waals surface area contributed by atoms with Crippen LogP contribution >= 0.6 is 0 Å². The van der Waals surface area contributed by atoms with Crippen molar-refractivity contribution in [2.24, 2.45) is 17.6 Å². The molecule has 0 bridgehead atoms. The molecule has 1 fully saturated rings. The van der Waals surface area contributed by atoms with Crippen LogP contribution in [0.1, 0.15) is 52.4 Å².